The van der Waals surface area contributed by atoms with Gasteiger partial charge in [-0.2, -0.15) is 18.3 Å². The number of carbonyl (C=O) groups excluding carboxylic acids is 2. The number of carbonyl (C=O) groups is 2. The molecule has 31 heavy (non-hydrogen) atoms. The number of nitrogens with one attached hydrogen (secondary N) is 2. The predicted molar refractivity (Wildman–Crippen MR) is 106 cm³/mol. The van der Waals surface area contributed by atoms with Crippen molar-refractivity contribution in [3.8, 4) is 0 Å². The molecule has 0 radical (unpaired) electrons. The molecule has 164 valence electrons. The van der Waals surface area contributed by atoms with E-state index in [4.69, 9.17) is 11.1 Å². The average Bonchev–Trinajstić information content (AvgIpc) is 3.22. The number of nitrogens with two attached hydrogens (primary N) is 1. The molecule has 2 aliphatic rings. The maximum absolute atomic E-state index is 12.7. The summed E-state index contributed by atoms with van der Waals surface area (Å²) in [7, 11) is 0. The van der Waals surface area contributed by atoms with Crippen LogP contribution in [-0.4, -0.2) is 44.9 Å². The molecular formula is C20H21F3N6O2. The van der Waals surface area contributed by atoms with Crippen LogP contribution in [0.25, 0.3) is 0 Å². The summed E-state index contributed by atoms with van der Waals surface area (Å²) >= 11 is 0. The van der Waals surface area contributed by atoms with Gasteiger partial charge in [-0.3, -0.25) is 14.3 Å². The predicted octanol–water partition coefficient (Wildman–Crippen LogP) is 3.38. The molecule has 1 aliphatic carbocycles. The maximum atomic E-state index is 12.7. The first-order valence-corrected chi connectivity index (χ1v) is 9.84. The van der Waals surface area contributed by atoms with Crippen molar-refractivity contribution in [3.63, 3.8) is 0 Å². The first kappa shape index (κ1) is 20.9. The third-order valence-corrected chi connectivity index (χ3v) is 5.51. The van der Waals surface area contributed by atoms with Crippen molar-refractivity contribution in [1.82, 2.24) is 14.7 Å². The van der Waals surface area contributed by atoms with Crippen molar-refractivity contribution < 1.29 is 22.8 Å². The molecule has 2 aromatic rings. The summed E-state index contributed by atoms with van der Waals surface area (Å²) in [5.74, 6) is -1.16. The lowest BCUT2D eigenvalue weighted by molar-refractivity contribution is -0.140. The maximum Gasteiger partial charge on any atom is 0.406 e. The van der Waals surface area contributed by atoms with Gasteiger partial charge in [0, 0.05) is 29.7 Å². The minimum atomic E-state index is -4.48. The Hall–Kier alpha value is -3.37. The number of alkyl halides is 3. The van der Waals surface area contributed by atoms with Crippen molar-refractivity contribution in [2.75, 3.05) is 11.9 Å². The summed E-state index contributed by atoms with van der Waals surface area (Å²) < 4.78 is 39.7. The van der Waals surface area contributed by atoms with E-state index in [0.29, 0.717) is 23.4 Å². The number of benzene rings is 1. The standard InChI is InChI=1S/C20H21F3N6O2/c21-20(22,23)10-28-8-11-7-12(5-6-13(11)19(28)31)26-18-14(17(25)30)9-29(27-18)16-4-2-1-3-15(16)24/h5-7,9,16,24H,1-4,8,10H2,(H2,25,30)(H,26,27)/t16-/m0/s1. The molecule has 4 rings (SSSR count). The highest BCUT2D eigenvalue weighted by Crippen LogP contribution is 2.31. The highest BCUT2D eigenvalue weighted by molar-refractivity contribution is 6.00. The molecule has 2 heterocycles. The number of aromatic nitrogens is 2. The van der Waals surface area contributed by atoms with Crippen LogP contribution in [0.5, 0.6) is 0 Å². The average molecular weight is 434 g/mol. The number of fused-ring (bicyclic) bond motifs is 1. The molecule has 1 atom stereocenters. The van der Waals surface area contributed by atoms with Gasteiger partial charge in [-0.15, -0.1) is 0 Å². The van der Waals surface area contributed by atoms with Crippen LogP contribution in [0.4, 0.5) is 24.7 Å². The van der Waals surface area contributed by atoms with Crippen molar-refractivity contribution in [2.24, 2.45) is 5.73 Å². The Kier molecular flexibility index (Phi) is 5.19. The van der Waals surface area contributed by atoms with Gasteiger partial charge in [-0.1, -0.05) is 6.42 Å². The topological polar surface area (TPSA) is 117 Å². The van der Waals surface area contributed by atoms with E-state index in [2.05, 4.69) is 10.4 Å². The van der Waals surface area contributed by atoms with Gasteiger partial charge >= 0.3 is 6.18 Å². The molecule has 0 spiro atoms. The number of primary amides is 1. The number of hydrogen-bond donors (Lipinski definition) is 3. The Bertz CT molecular complexity index is 1060. The van der Waals surface area contributed by atoms with Crippen molar-refractivity contribution in [3.05, 3.63) is 41.1 Å². The number of halogens is 3. The van der Waals surface area contributed by atoms with Crippen LogP contribution in [0.3, 0.4) is 0 Å². The third kappa shape index (κ3) is 4.25. The summed E-state index contributed by atoms with van der Waals surface area (Å²) in [6, 6.07) is 4.32. The molecule has 0 unspecified atom stereocenters. The molecular weight excluding hydrogens is 413 g/mol. The van der Waals surface area contributed by atoms with Gasteiger partial charge in [0.1, 0.15) is 12.1 Å². The van der Waals surface area contributed by atoms with Crippen LogP contribution < -0.4 is 11.1 Å². The molecule has 8 nitrogen and oxygen atoms in total. The van der Waals surface area contributed by atoms with Gasteiger partial charge in [0.25, 0.3) is 11.8 Å². The van der Waals surface area contributed by atoms with Gasteiger partial charge in [0.15, 0.2) is 5.82 Å². The van der Waals surface area contributed by atoms with Gasteiger partial charge < -0.3 is 21.4 Å². The van der Waals surface area contributed by atoms with Gasteiger partial charge in [0.2, 0.25) is 0 Å². The first-order chi connectivity index (χ1) is 14.6. The fraction of sp³-hybridized carbons (Fsp3) is 0.400. The molecule has 1 fully saturated rings. The fourth-order valence-electron chi connectivity index (χ4n) is 4.05. The number of anilines is 2. The third-order valence-electron chi connectivity index (χ3n) is 5.51. The summed E-state index contributed by atoms with van der Waals surface area (Å²) in [4.78, 5) is 24.9. The summed E-state index contributed by atoms with van der Waals surface area (Å²) in [5.41, 5.74) is 7.30. The SMILES string of the molecule is N=C1CCCC[C@@H]1n1cc(C(N)=O)c(Nc2ccc3c(c2)CN(CC(F)(F)F)C3=O)n1. The molecule has 1 saturated carbocycles. The van der Waals surface area contributed by atoms with Crippen LogP contribution in [0, 0.1) is 5.41 Å². The van der Waals surface area contributed by atoms with E-state index in [9.17, 15) is 22.8 Å². The summed E-state index contributed by atoms with van der Waals surface area (Å²) in [5, 5.41) is 15.6. The van der Waals surface area contributed by atoms with Crippen LogP contribution >= 0.6 is 0 Å². The molecule has 1 aliphatic heterocycles. The Morgan fingerprint density at radius 1 is 1.32 bits per heavy atom. The summed E-state index contributed by atoms with van der Waals surface area (Å²) in [6.07, 6.45) is 0.352. The largest absolute Gasteiger partial charge is 0.406 e. The minimum absolute atomic E-state index is 0.147. The molecule has 0 saturated heterocycles. The molecule has 4 N–H and O–H groups in total. The normalized spacial score (nSPS) is 18.9. The van der Waals surface area contributed by atoms with E-state index in [1.807, 2.05) is 0 Å². The van der Waals surface area contributed by atoms with Gasteiger partial charge in [-0.25, -0.2) is 0 Å². The molecule has 1 aromatic carbocycles. The van der Waals surface area contributed by atoms with E-state index in [0.717, 1.165) is 24.2 Å². The minimum Gasteiger partial charge on any atom is -0.365 e. The number of hydrogen-bond acceptors (Lipinski definition) is 5. The highest BCUT2D eigenvalue weighted by Gasteiger charge is 2.37. The van der Waals surface area contributed by atoms with E-state index >= 15 is 0 Å². The van der Waals surface area contributed by atoms with Gasteiger partial charge in [0.05, 0.1) is 6.04 Å². The van der Waals surface area contributed by atoms with Crippen LogP contribution in [0.15, 0.2) is 24.4 Å². The van der Waals surface area contributed by atoms with Crippen molar-refractivity contribution in [1.29, 1.82) is 5.41 Å². The fourth-order valence-corrected chi connectivity index (χ4v) is 4.05. The second kappa shape index (κ2) is 7.71. The lowest BCUT2D eigenvalue weighted by atomic mass is 9.93. The molecule has 11 heteroatoms. The monoisotopic (exact) mass is 434 g/mol. The zero-order chi connectivity index (χ0) is 22.3. The Labute approximate surface area is 175 Å². The van der Waals surface area contributed by atoms with Crippen LogP contribution in [-0.2, 0) is 6.54 Å². The van der Waals surface area contributed by atoms with E-state index in [1.165, 1.54) is 12.3 Å². The molecule has 1 aromatic heterocycles. The first-order valence-electron chi connectivity index (χ1n) is 9.84. The van der Waals surface area contributed by atoms with E-state index in [-0.39, 0.29) is 29.5 Å². The number of amides is 2. The second-order valence-corrected chi connectivity index (χ2v) is 7.80. The lowest BCUT2D eigenvalue weighted by Crippen LogP contribution is -2.34. The summed E-state index contributed by atoms with van der Waals surface area (Å²) in [6.45, 7) is -1.47. The van der Waals surface area contributed by atoms with Crippen molar-refractivity contribution in [2.45, 2.75) is 44.4 Å². The van der Waals surface area contributed by atoms with Crippen LogP contribution in [0.2, 0.25) is 0 Å². The Morgan fingerprint density at radius 3 is 2.77 bits per heavy atom. The van der Waals surface area contributed by atoms with Crippen molar-refractivity contribution >= 4 is 29.0 Å². The second-order valence-electron chi connectivity index (χ2n) is 7.80. The smallest absolute Gasteiger partial charge is 0.365 e. The number of nitrogens with zero attached hydrogens (tertiary/aromatic N) is 3. The number of rotatable bonds is 5. The Balaban J connectivity index is 1.58. The molecule has 2 amide bonds. The zero-order valence-corrected chi connectivity index (χ0v) is 16.5. The highest BCUT2D eigenvalue weighted by atomic mass is 19.4. The van der Waals surface area contributed by atoms with Gasteiger partial charge in [-0.05, 0) is 43.0 Å². The van der Waals surface area contributed by atoms with Crippen LogP contribution in [0.1, 0.15) is 58.0 Å². The molecule has 0 bridgehead atoms. The van der Waals surface area contributed by atoms with E-state index < -0.39 is 24.5 Å². The quantitative estimate of drug-likeness (QED) is 0.669. The Morgan fingerprint density at radius 2 is 2.10 bits per heavy atom. The van der Waals surface area contributed by atoms with E-state index in [1.54, 1.807) is 16.8 Å². The lowest BCUT2D eigenvalue weighted by Gasteiger charge is -2.23. The zero-order valence-electron chi connectivity index (χ0n) is 16.5.